The van der Waals surface area contributed by atoms with E-state index >= 15 is 0 Å². The maximum atomic E-state index is 11.2. The third kappa shape index (κ3) is 3.09. The minimum Gasteiger partial charge on any atom is -0.465 e. The third-order valence-electron chi connectivity index (χ3n) is 3.04. The van der Waals surface area contributed by atoms with Gasteiger partial charge in [-0.15, -0.1) is 0 Å². The molecule has 0 radical (unpaired) electrons. The van der Waals surface area contributed by atoms with Crippen LogP contribution in [0.4, 0.5) is 4.79 Å². The van der Waals surface area contributed by atoms with E-state index in [-0.39, 0.29) is 11.0 Å². The first-order valence-electron chi connectivity index (χ1n) is 5.46. The van der Waals surface area contributed by atoms with E-state index < -0.39 is 6.09 Å². The van der Waals surface area contributed by atoms with Gasteiger partial charge < -0.3 is 15.3 Å². The largest absolute Gasteiger partial charge is 0.465 e. The van der Waals surface area contributed by atoms with Gasteiger partial charge in [0.15, 0.2) is 0 Å². The zero-order valence-corrected chi connectivity index (χ0v) is 10.1. The molecule has 15 heavy (non-hydrogen) atoms. The minimum absolute atomic E-state index is 0.0890. The molecule has 0 aliphatic carbocycles. The molecule has 1 unspecified atom stereocenters. The van der Waals surface area contributed by atoms with Gasteiger partial charge in [0.1, 0.15) is 0 Å². The second kappa shape index (κ2) is 4.00. The van der Waals surface area contributed by atoms with E-state index in [1.54, 1.807) is 4.90 Å². The van der Waals surface area contributed by atoms with E-state index in [2.05, 4.69) is 12.2 Å². The zero-order valence-electron chi connectivity index (χ0n) is 10.1. The first kappa shape index (κ1) is 12.3. The van der Waals surface area contributed by atoms with Gasteiger partial charge in [-0.3, -0.25) is 0 Å². The Morgan fingerprint density at radius 1 is 1.53 bits per heavy atom. The molecule has 0 aromatic carbocycles. The van der Waals surface area contributed by atoms with E-state index in [0.717, 1.165) is 19.5 Å². The Morgan fingerprint density at radius 2 is 2.13 bits per heavy atom. The van der Waals surface area contributed by atoms with Crippen LogP contribution in [0.5, 0.6) is 0 Å². The molecule has 0 aromatic rings. The fourth-order valence-corrected chi connectivity index (χ4v) is 1.98. The van der Waals surface area contributed by atoms with Gasteiger partial charge in [-0.2, -0.15) is 0 Å². The molecule has 0 aromatic heterocycles. The predicted molar refractivity (Wildman–Crippen MR) is 60.1 cm³/mol. The second-order valence-corrected chi connectivity index (χ2v) is 5.78. The van der Waals surface area contributed by atoms with Gasteiger partial charge in [-0.1, -0.05) is 6.92 Å². The molecule has 1 atom stereocenters. The van der Waals surface area contributed by atoms with Crippen molar-refractivity contribution < 1.29 is 9.90 Å². The van der Waals surface area contributed by atoms with Crippen molar-refractivity contribution >= 4 is 6.09 Å². The Hall–Kier alpha value is -0.770. The fourth-order valence-electron chi connectivity index (χ4n) is 1.98. The van der Waals surface area contributed by atoms with Gasteiger partial charge in [0, 0.05) is 18.6 Å². The topological polar surface area (TPSA) is 52.6 Å². The molecule has 4 nitrogen and oxygen atoms in total. The Labute approximate surface area is 91.6 Å². The highest BCUT2D eigenvalue weighted by Crippen LogP contribution is 2.28. The molecule has 1 aliphatic heterocycles. The van der Waals surface area contributed by atoms with Crippen molar-refractivity contribution in [1.82, 2.24) is 10.2 Å². The first-order chi connectivity index (χ1) is 6.75. The lowest BCUT2D eigenvalue weighted by molar-refractivity contribution is 0.0729. The highest BCUT2D eigenvalue weighted by molar-refractivity contribution is 5.66. The lowest BCUT2D eigenvalue weighted by atomic mass is 9.87. The second-order valence-electron chi connectivity index (χ2n) is 5.78. The predicted octanol–water partition coefficient (Wildman–Crippen LogP) is 1.76. The Kier molecular flexibility index (Phi) is 3.28. The van der Waals surface area contributed by atoms with E-state index in [0.29, 0.717) is 6.54 Å². The third-order valence-corrected chi connectivity index (χ3v) is 3.04. The van der Waals surface area contributed by atoms with E-state index in [1.165, 1.54) is 0 Å². The summed E-state index contributed by atoms with van der Waals surface area (Å²) in [5.74, 6) is 0. The fraction of sp³-hybridized carbons (Fsp3) is 0.909. The highest BCUT2D eigenvalue weighted by atomic mass is 16.4. The van der Waals surface area contributed by atoms with Crippen LogP contribution < -0.4 is 5.32 Å². The number of hydrogen-bond donors (Lipinski definition) is 2. The van der Waals surface area contributed by atoms with Gasteiger partial charge in [0.05, 0.1) is 0 Å². The van der Waals surface area contributed by atoms with Gasteiger partial charge in [-0.25, -0.2) is 4.79 Å². The van der Waals surface area contributed by atoms with Gasteiger partial charge in [0.25, 0.3) is 0 Å². The number of nitrogens with one attached hydrogen (secondary N) is 1. The van der Waals surface area contributed by atoms with Crippen LogP contribution in [0.15, 0.2) is 0 Å². The molecule has 88 valence electrons. The van der Waals surface area contributed by atoms with E-state index in [1.807, 2.05) is 20.8 Å². The summed E-state index contributed by atoms with van der Waals surface area (Å²) >= 11 is 0. The average Bonchev–Trinajstić information content (AvgIpc) is 2.46. The SMILES string of the molecule is CC1(CN(C(=O)O)C(C)(C)C)CCNC1. The maximum absolute atomic E-state index is 11.2. The van der Waals surface area contributed by atoms with Crippen molar-refractivity contribution in [2.24, 2.45) is 5.41 Å². The summed E-state index contributed by atoms with van der Waals surface area (Å²) < 4.78 is 0. The molecule has 1 aliphatic rings. The number of carboxylic acid groups (broad SMARTS) is 1. The van der Waals surface area contributed by atoms with Gasteiger partial charge in [-0.05, 0) is 39.2 Å². The summed E-state index contributed by atoms with van der Waals surface area (Å²) in [5, 5.41) is 12.5. The summed E-state index contributed by atoms with van der Waals surface area (Å²) in [6.07, 6.45) is 0.225. The van der Waals surface area contributed by atoms with Gasteiger partial charge >= 0.3 is 6.09 Å². The van der Waals surface area contributed by atoms with Crippen LogP contribution in [-0.2, 0) is 0 Å². The van der Waals surface area contributed by atoms with Crippen LogP contribution in [-0.4, -0.2) is 41.3 Å². The molecule has 1 amide bonds. The summed E-state index contributed by atoms with van der Waals surface area (Å²) in [5.41, 5.74) is -0.233. The van der Waals surface area contributed by atoms with Crippen molar-refractivity contribution in [3.05, 3.63) is 0 Å². The monoisotopic (exact) mass is 214 g/mol. The Balaban J connectivity index is 2.71. The number of hydrogen-bond acceptors (Lipinski definition) is 2. The number of rotatable bonds is 2. The molecule has 2 N–H and O–H groups in total. The number of amides is 1. The Morgan fingerprint density at radius 3 is 2.47 bits per heavy atom. The van der Waals surface area contributed by atoms with E-state index in [4.69, 9.17) is 0 Å². The van der Waals surface area contributed by atoms with Gasteiger partial charge in [0.2, 0.25) is 0 Å². The van der Waals surface area contributed by atoms with Crippen molar-refractivity contribution in [3.63, 3.8) is 0 Å². The lowest BCUT2D eigenvalue weighted by Gasteiger charge is -2.38. The molecule has 0 bridgehead atoms. The highest BCUT2D eigenvalue weighted by Gasteiger charge is 2.36. The number of carbonyl (C=O) groups is 1. The maximum Gasteiger partial charge on any atom is 0.407 e. The van der Waals surface area contributed by atoms with Crippen molar-refractivity contribution in [2.75, 3.05) is 19.6 Å². The molecule has 1 saturated heterocycles. The molecule has 1 heterocycles. The van der Waals surface area contributed by atoms with Crippen molar-refractivity contribution in [1.29, 1.82) is 0 Å². The molecule has 0 saturated carbocycles. The first-order valence-corrected chi connectivity index (χ1v) is 5.46. The summed E-state index contributed by atoms with van der Waals surface area (Å²) in [6, 6.07) is 0. The summed E-state index contributed by atoms with van der Waals surface area (Å²) in [7, 11) is 0. The average molecular weight is 214 g/mol. The van der Waals surface area contributed by atoms with Crippen LogP contribution in [0.2, 0.25) is 0 Å². The summed E-state index contributed by atoms with van der Waals surface area (Å²) in [6.45, 7) is 10.5. The van der Waals surface area contributed by atoms with Crippen molar-refractivity contribution in [3.8, 4) is 0 Å². The normalized spacial score (nSPS) is 26.7. The summed E-state index contributed by atoms with van der Waals surface area (Å²) in [4.78, 5) is 12.7. The van der Waals surface area contributed by atoms with Crippen LogP contribution in [0.3, 0.4) is 0 Å². The quantitative estimate of drug-likeness (QED) is 0.736. The molecule has 4 heteroatoms. The lowest BCUT2D eigenvalue weighted by Crippen LogP contribution is -2.50. The van der Waals surface area contributed by atoms with Crippen LogP contribution in [0.25, 0.3) is 0 Å². The number of nitrogens with zero attached hydrogens (tertiary/aromatic N) is 1. The zero-order chi connectivity index (χ0) is 11.7. The molecule has 0 spiro atoms. The molecule has 1 fully saturated rings. The van der Waals surface area contributed by atoms with Crippen LogP contribution in [0, 0.1) is 5.41 Å². The van der Waals surface area contributed by atoms with Crippen LogP contribution >= 0.6 is 0 Å². The molecular weight excluding hydrogens is 192 g/mol. The minimum atomic E-state index is -0.823. The molecular formula is C11H22N2O2. The van der Waals surface area contributed by atoms with Crippen molar-refractivity contribution in [2.45, 2.75) is 39.7 Å². The molecule has 1 rings (SSSR count). The van der Waals surface area contributed by atoms with Crippen LogP contribution in [0.1, 0.15) is 34.1 Å². The van der Waals surface area contributed by atoms with E-state index in [9.17, 15) is 9.90 Å². The standard InChI is InChI=1S/C11H22N2O2/c1-10(2,3)13(9(14)15)8-11(4)5-6-12-7-11/h12H,5-8H2,1-4H3,(H,14,15). The smallest absolute Gasteiger partial charge is 0.407 e. The Bertz CT molecular complexity index is 239.